The number of hydrogen-bond acceptors (Lipinski definition) is 4. The van der Waals surface area contributed by atoms with Crippen LogP contribution < -0.4 is 5.43 Å². The third-order valence-electron chi connectivity index (χ3n) is 4.66. The van der Waals surface area contributed by atoms with Crippen LogP contribution in [0.3, 0.4) is 0 Å². The van der Waals surface area contributed by atoms with Crippen LogP contribution in [0.1, 0.15) is 23.1 Å². The van der Waals surface area contributed by atoms with Crippen LogP contribution in [0.15, 0.2) is 96.1 Å². The first-order valence-electron chi connectivity index (χ1n) is 9.70. The first-order chi connectivity index (χ1) is 15.1. The molecule has 0 atom stereocenters. The molecule has 1 aromatic heterocycles. The van der Waals surface area contributed by atoms with Gasteiger partial charge in [-0.15, -0.1) is 0 Å². The Morgan fingerprint density at radius 1 is 0.806 bits per heavy atom. The second-order valence-electron chi connectivity index (χ2n) is 6.84. The topological polar surface area (TPSA) is 67.2 Å². The van der Waals surface area contributed by atoms with Crippen molar-refractivity contribution in [3.8, 4) is 22.5 Å². The fourth-order valence-electron chi connectivity index (χ4n) is 3.00. The van der Waals surface area contributed by atoms with Gasteiger partial charge < -0.3 is 0 Å². The van der Waals surface area contributed by atoms with Gasteiger partial charge in [-0.1, -0.05) is 72.8 Å². The third kappa shape index (κ3) is 4.87. The number of nitrogens with one attached hydrogen (secondary N) is 1. The monoisotopic (exact) mass is 410 g/mol. The van der Waals surface area contributed by atoms with Crippen molar-refractivity contribution in [3.63, 3.8) is 0 Å². The molecule has 0 spiro atoms. The Labute approximate surface area is 179 Å². The minimum Gasteiger partial charge on any atom is -0.264 e. The van der Waals surface area contributed by atoms with Crippen molar-refractivity contribution in [3.05, 3.63) is 108 Å². The van der Waals surface area contributed by atoms with E-state index in [9.17, 15) is 9.18 Å². The molecule has 5 nitrogen and oxygen atoms in total. The molecule has 0 fully saturated rings. The van der Waals surface area contributed by atoms with Crippen LogP contribution >= 0.6 is 0 Å². The van der Waals surface area contributed by atoms with Crippen molar-refractivity contribution < 1.29 is 9.18 Å². The van der Waals surface area contributed by atoms with Crippen molar-refractivity contribution >= 4 is 11.6 Å². The molecule has 0 saturated heterocycles. The maximum absolute atomic E-state index is 13.1. The van der Waals surface area contributed by atoms with Gasteiger partial charge in [0.25, 0.3) is 0 Å². The lowest BCUT2D eigenvalue weighted by atomic mass is 10.1. The largest absolute Gasteiger partial charge is 0.309 e. The standard InChI is InChI=1S/C25H19FN4O/c1-17(18-12-14-21(26)15-13-18)29-30-25(31)24-27-22(19-8-4-2-5-9-19)16-23(28-24)20-10-6-3-7-11-20/h2-16H,1H3,(H,30,31)/b29-17-. The number of halogens is 1. The predicted molar refractivity (Wildman–Crippen MR) is 119 cm³/mol. The zero-order chi connectivity index (χ0) is 21.6. The Bertz CT molecular complexity index is 1170. The highest BCUT2D eigenvalue weighted by molar-refractivity contribution is 6.00. The van der Waals surface area contributed by atoms with Crippen LogP contribution in [0, 0.1) is 5.82 Å². The normalized spacial score (nSPS) is 11.2. The molecule has 1 N–H and O–H groups in total. The smallest absolute Gasteiger partial charge is 0.264 e. The molecule has 0 unspecified atom stereocenters. The second kappa shape index (κ2) is 9.09. The van der Waals surface area contributed by atoms with Crippen molar-refractivity contribution in [2.24, 2.45) is 5.10 Å². The molecule has 4 aromatic rings. The van der Waals surface area contributed by atoms with Gasteiger partial charge in [-0.3, -0.25) is 4.79 Å². The summed E-state index contributed by atoms with van der Waals surface area (Å²) >= 11 is 0. The van der Waals surface area contributed by atoms with E-state index in [1.54, 1.807) is 19.1 Å². The second-order valence-corrected chi connectivity index (χ2v) is 6.84. The molecular weight excluding hydrogens is 391 g/mol. The van der Waals surface area contributed by atoms with Crippen molar-refractivity contribution in [2.75, 3.05) is 0 Å². The summed E-state index contributed by atoms with van der Waals surface area (Å²) < 4.78 is 13.1. The average molecular weight is 410 g/mol. The van der Waals surface area contributed by atoms with E-state index in [4.69, 9.17) is 0 Å². The van der Waals surface area contributed by atoms with E-state index in [1.807, 2.05) is 66.7 Å². The van der Waals surface area contributed by atoms with Gasteiger partial charge in [-0.2, -0.15) is 5.10 Å². The van der Waals surface area contributed by atoms with Crippen molar-refractivity contribution in [1.29, 1.82) is 0 Å². The van der Waals surface area contributed by atoms with E-state index in [2.05, 4.69) is 20.5 Å². The molecule has 0 bridgehead atoms. The summed E-state index contributed by atoms with van der Waals surface area (Å²) in [5.41, 5.74) is 6.77. The Morgan fingerprint density at radius 3 is 1.84 bits per heavy atom. The van der Waals surface area contributed by atoms with Gasteiger partial charge >= 0.3 is 5.91 Å². The van der Waals surface area contributed by atoms with Crippen molar-refractivity contribution in [1.82, 2.24) is 15.4 Å². The van der Waals surface area contributed by atoms with Gasteiger partial charge in [0.15, 0.2) is 0 Å². The Hall–Kier alpha value is -4.19. The summed E-state index contributed by atoms with van der Waals surface area (Å²) in [4.78, 5) is 21.7. The highest BCUT2D eigenvalue weighted by atomic mass is 19.1. The number of benzene rings is 3. The number of hydrazone groups is 1. The summed E-state index contributed by atoms with van der Waals surface area (Å²) in [5.74, 6) is -0.854. The molecule has 0 aliphatic heterocycles. The number of hydrogen-bond donors (Lipinski definition) is 1. The summed E-state index contributed by atoms with van der Waals surface area (Å²) in [6.07, 6.45) is 0. The molecule has 0 aliphatic carbocycles. The lowest BCUT2D eigenvalue weighted by molar-refractivity contribution is 0.0944. The number of amides is 1. The van der Waals surface area contributed by atoms with Gasteiger partial charge in [-0.25, -0.2) is 19.8 Å². The van der Waals surface area contributed by atoms with Crippen LogP contribution in [0.25, 0.3) is 22.5 Å². The SMILES string of the molecule is C/C(=N/NC(=O)c1nc(-c2ccccc2)cc(-c2ccccc2)n1)c1ccc(F)cc1. The fraction of sp³-hybridized carbons (Fsp3) is 0.0400. The first-order valence-corrected chi connectivity index (χ1v) is 9.70. The maximum Gasteiger partial charge on any atom is 0.309 e. The van der Waals surface area contributed by atoms with E-state index in [1.165, 1.54) is 12.1 Å². The Morgan fingerprint density at radius 2 is 1.32 bits per heavy atom. The molecule has 6 heteroatoms. The van der Waals surface area contributed by atoms with Crippen molar-refractivity contribution in [2.45, 2.75) is 6.92 Å². The number of rotatable bonds is 5. The highest BCUT2D eigenvalue weighted by Gasteiger charge is 2.14. The number of aromatic nitrogens is 2. The van der Waals surface area contributed by atoms with Crippen LogP contribution in [0.5, 0.6) is 0 Å². The number of carbonyl (C=O) groups is 1. The molecule has 0 aliphatic rings. The van der Waals surface area contributed by atoms with E-state index in [0.29, 0.717) is 22.7 Å². The third-order valence-corrected chi connectivity index (χ3v) is 4.66. The predicted octanol–water partition coefficient (Wildman–Crippen LogP) is 5.10. The molecule has 0 radical (unpaired) electrons. The minimum atomic E-state index is -0.531. The highest BCUT2D eigenvalue weighted by Crippen LogP contribution is 2.23. The van der Waals surface area contributed by atoms with Crippen LogP contribution in [-0.4, -0.2) is 21.6 Å². The first kappa shape index (κ1) is 20.1. The lowest BCUT2D eigenvalue weighted by Gasteiger charge is -2.08. The molecule has 1 amide bonds. The fourth-order valence-corrected chi connectivity index (χ4v) is 3.00. The van der Waals surface area contributed by atoms with Crippen LogP contribution in [0.4, 0.5) is 4.39 Å². The van der Waals surface area contributed by atoms with Gasteiger partial charge in [0, 0.05) is 11.1 Å². The summed E-state index contributed by atoms with van der Waals surface area (Å²) in [6.45, 7) is 1.73. The van der Waals surface area contributed by atoms with Gasteiger partial charge in [-0.05, 0) is 30.7 Å². The van der Waals surface area contributed by atoms with Gasteiger partial charge in [0.2, 0.25) is 5.82 Å². The maximum atomic E-state index is 13.1. The van der Waals surface area contributed by atoms with E-state index < -0.39 is 5.91 Å². The number of nitrogens with zero attached hydrogens (tertiary/aromatic N) is 3. The van der Waals surface area contributed by atoms with E-state index in [0.717, 1.165) is 11.1 Å². The lowest BCUT2D eigenvalue weighted by Crippen LogP contribution is -2.22. The number of carbonyl (C=O) groups excluding carboxylic acids is 1. The summed E-state index contributed by atoms with van der Waals surface area (Å²) in [7, 11) is 0. The molecule has 31 heavy (non-hydrogen) atoms. The van der Waals surface area contributed by atoms with Gasteiger partial charge in [0.1, 0.15) is 5.82 Å². The molecule has 3 aromatic carbocycles. The van der Waals surface area contributed by atoms with Gasteiger partial charge in [0.05, 0.1) is 17.1 Å². The summed E-state index contributed by atoms with van der Waals surface area (Å²) in [5, 5.41) is 4.12. The zero-order valence-electron chi connectivity index (χ0n) is 16.8. The molecule has 4 rings (SSSR count). The molecule has 1 heterocycles. The van der Waals surface area contributed by atoms with E-state index in [-0.39, 0.29) is 11.6 Å². The summed E-state index contributed by atoms with van der Waals surface area (Å²) in [6, 6.07) is 26.9. The Kier molecular flexibility index (Phi) is 5.89. The molecular formula is C25H19FN4O. The average Bonchev–Trinajstić information content (AvgIpc) is 2.83. The quantitative estimate of drug-likeness (QED) is 0.367. The minimum absolute atomic E-state index is 0.0101. The Balaban J connectivity index is 1.67. The van der Waals surface area contributed by atoms with E-state index >= 15 is 0 Å². The molecule has 0 saturated carbocycles. The van der Waals surface area contributed by atoms with Crippen LogP contribution in [-0.2, 0) is 0 Å². The van der Waals surface area contributed by atoms with Crippen LogP contribution in [0.2, 0.25) is 0 Å². The molecule has 152 valence electrons. The zero-order valence-corrected chi connectivity index (χ0v) is 16.8.